The average Bonchev–Trinajstić information content (AvgIpc) is 2.40. The van der Waals surface area contributed by atoms with E-state index in [-0.39, 0.29) is 22.4 Å². The van der Waals surface area contributed by atoms with Crippen LogP contribution in [0.25, 0.3) is 0 Å². The summed E-state index contributed by atoms with van der Waals surface area (Å²) < 4.78 is 39.8. The summed E-state index contributed by atoms with van der Waals surface area (Å²) in [6, 6.07) is 6.64. The fraction of sp³-hybridized carbons (Fsp3) is 0.357. The summed E-state index contributed by atoms with van der Waals surface area (Å²) in [5.74, 6) is -2.15. The normalized spacial score (nSPS) is 12.4. The van der Waals surface area contributed by atoms with Gasteiger partial charge in [-0.15, -0.1) is 13.2 Å². The zero-order chi connectivity index (χ0) is 16.9. The number of halogens is 3. The highest BCUT2D eigenvalue weighted by atomic mass is 32.1. The van der Waals surface area contributed by atoms with Crippen molar-refractivity contribution in [1.82, 2.24) is 0 Å². The van der Waals surface area contributed by atoms with Crippen LogP contribution in [0.4, 0.5) is 18.9 Å². The third-order valence-corrected chi connectivity index (χ3v) is 2.94. The molecule has 118 valence electrons. The van der Waals surface area contributed by atoms with E-state index in [1.165, 1.54) is 12.1 Å². The maximum Gasteiger partial charge on any atom is 0.573 e. The predicted octanol–water partition coefficient (Wildman–Crippen LogP) is 3.69. The van der Waals surface area contributed by atoms with Gasteiger partial charge in [0.1, 0.15) is 10.7 Å². The quantitative estimate of drug-likeness (QED) is 0.834. The molecule has 0 bridgehead atoms. The smallest absolute Gasteiger partial charge is 0.406 e. The van der Waals surface area contributed by atoms with Crippen LogP contribution in [0.2, 0.25) is 0 Å². The summed E-state index contributed by atoms with van der Waals surface area (Å²) in [5, 5.41) is 11.7. The molecule has 1 unspecified atom stereocenters. The summed E-state index contributed by atoms with van der Waals surface area (Å²) in [6.07, 6.45) is -4.76. The molecule has 0 aliphatic carbocycles. The van der Waals surface area contributed by atoms with E-state index in [2.05, 4.69) is 10.1 Å². The van der Waals surface area contributed by atoms with Crippen molar-refractivity contribution in [3.8, 4) is 11.8 Å². The Hall–Kier alpha value is -2.14. The summed E-state index contributed by atoms with van der Waals surface area (Å²) in [4.78, 5) is 11.8. The molecule has 8 heteroatoms. The minimum Gasteiger partial charge on any atom is -0.406 e. The zero-order valence-electron chi connectivity index (χ0n) is 11.8. The second-order valence-electron chi connectivity index (χ2n) is 4.68. The molecular weight excluding hydrogens is 317 g/mol. The van der Waals surface area contributed by atoms with E-state index >= 15 is 0 Å². The van der Waals surface area contributed by atoms with Crippen LogP contribution < -0.4 is 10.1 Å². The number of anilines is 1. The van der Waals surface area contributed by atoms with Gasteiger partial charge in [0.2, 0.25) is 0 Å². The number of ketones is 1. The first-order chi connectivity index (χ1) is 10.1. The van der Waals surface area contributed by atoms with Crippen molar-refractivity contribution in [3.05, 3.63) is 24.3 Å². The third-order valence-electron chi connectivity index (χ3n) is 2.60. The maximum absolute atomic E-state index is 12.0. The molecule has 0 aromatic heterocycles. The second kappa shape index (κ2) is 7.22. The van der Waals surface area contributed by atoms with Crippen LogP contribution in [-0.4, -0.2) is 17.1 Å². The number of nitrogens with zero attached hydrogens (tertiary/aromatic N) is 1. The number of benzene rings is 1. The molecule has 4 nitrogen and oxygen atoms in total. The number of rotatable bonds is 5. The van der Waals surface area contributed by atoms with Crippen molar-refractivity contribution < 1.29 is 22.7 Å². The minimum atomic E-state index is -4.76. The van der Waals surface area contributed by atoms with Gasteiger partial charge in [0.15, 0.2) is 11.7 Å². The molecular formula is C14H13F3N2O2S. The van der Waals surface area contributed by atoms with Crippen LogP contribution in [0.15, 0.2) is 24.3 Å². The first-order valence-electron chi connectivity index (χ1n) is 6.24. The Kier molecular flexibility index (Phi) is 5.88. The molecule has 22 heavy (non-hydrogen) atoms. The SMILES string of the molecule is CC(C)C(=O)C(C#N)C(=S)Nc1ccc(OC(F)(F)F)cc1. The number of ether oxygens (including phenoxy) is 1. The number of Topliss-reactive ketones (excluding diaryl/α,β-unsaturated/α-hetero) is 1. The van der Waals surface area contributed by atoms with E-state index in [0.717, 1.165) is 12.1 Å². The molecule has 1 atom stereocenters. The fourth-order valence-electron chi connectivity index (χ4n) is 1.54. The van der Waals surface area contributed by atoms with Gasteiger partial charge in [0.25, 0.3) is 0 Å². The maximum atomic E-state index is 12.0. The molecule has 0 heterocycles. The number of hydrogen-bond acceptors (Lipinski definition) is 4. The lowest BCUT2D eigenvalue weighted by Crippen LogP contribution is -2.29. The van der Waals surface area contributed by atoms with Gasteiger partial charge in [-0.1, -0.05) is 26.1 Å². The van der Waals surface area contributed by atoms with Crippen molar-refractivity contribution in [2.45, 2.75) is 20.2 Å². The molecule has 0 aliphatic rings. The lowest BCUT2D eigenvalue weighted by Gasteiger charge is -2.14. The van der Waals surface area contributed by atoms with Gasteiger partial charge < -0.3 is 10.1 Å². The largest absolute Gasteiger partial charge is 0.573 e. The van der Waals surface area contributed by atoms with Crippen LogP contribution in [0.5, 0.6) is 5.75 Å². The van der Waals surface area contributed by atoms with Crippen LogP contribution in [0, 0.1) is 23.2 Å². The van der Waals surface area contributed by atoms with Gasteiger partial charge in [-0.3, -0.25) is 4.79 Å². The first-order valence-corrected chi connectivity index (χ1v) is 6.65. The van der Waals surface area contributed by atoms with Gasteiger partial charge in [0, 0.05) is 11.6 Å². The molecule has 0 aliphatic heterocycles. The molecule has 0 radical (unpaired) electrons. The zero-order valence-corrected chi connectivity index (χ0v) is 12.6. The van der Waals surface area contributed by atoms with Crippen molar-refractivity contribution in [3.63, 3.8) is 0 Å². The summed E-state index contributed by atoms with van der Waals surface area (Å²) in [6.45, 7) is 3.30. The molecule has 1 N–H and O–H groups in total. The molecule has 0 fully saturated rings. The number of thiocarbonyl (C=S) groups is 1. The van der Waals surface area contributed by atoms with Crippen LogP contribution >= 0.6 is 12.2 Å². The number of carbonyl (C=O) groups is 1. The van der Waals surface area contributed by atoms with E-state index < -0.39 is 12.3 Å². The van der Waals surface area contributed by atoms with Crippen LogP contribution in [0.3, 0.4) is 0 Å². The highest BCUT2D eigenvalue weighted by Gasteiger charge is 2.31. The molecule has 1 aromatic rings. The molecule has 0 spiro atoms. The third kappa shape index (κ3) is 5.33. The number of nitriles is 1. The molecule has 1 rings (SSSR count). The fourth-order valence-corrected chi connectivity index (χ4v) is 1.83. The van der Waals surface area contributed by atoms with Crippen molar-refractivity contribution in [2.24, 2.45) is 11.8 Å². The Morgan fingerprint density at radius 1 is 1.32 bits per heavy atom. The minimum absolute atomic E-state index is 0.00527. The monoisotopic (exact) mass is 330 g/mol. The number of alkyl halides is 3. The Labute approximate surface area is 130 Å². The highest BCUT2D eigenvalue weighted by Crippen LogP contribution is 2.24. The van der Waals surface area contributed by atoms with Crippen molar-refractivity contribution >= 4 is 28.7 Å². The van der Waals surface area contributed by atoms with Gasteiger partial charge in [-0.05, 0) is 24.3 Å². The Bertz CT molecular complexity index is 592. The summed E-state index contributed by atoms with van der Waals surface area (Å²) in [7, 11) is 0. The Morgan fingerprint density at radius 3 is 2.27 bits per heavy atom. The predicted molar refractivity (Wildman–Crippen MR) is 78.3 cm³/mol. The van der Waals surface area contributed by atoms with E-state index in [1.54, 1.807) is 13.8 Å². The number of hydrogen-bond donors (Lipinski definition) is 1. The van der Waals surface area contributed by atoms with Crippen LogP contribution in [0.1, 0.15) is 13.8 Å². The van der Waals surface area contributed by atoms with Gasteiger partial charge >= 0.3 is 6.36 Å². The topological polar surface area (TPSA) is 62.1 Å². The van der Waals surface area contributed by atoms with E-state index in [0.29, 0.717) is 5.69 Å². The average molecular weight is 330 g/mol. The van der Waals surface area contributed by atoms with Gasteiger partial charge in [-0.2, -0.15) is 5.26 Å². The highest BCUT2D eigenvalue weighted by molar-refractivity contribution is 7.80. The molecule has 0 amide bonds. The summed E-state index contributed by atoms with van der Waals surface area (Å²) >= 11 is 5.01. The Balaban J connectivity index is 2.76. The standard InChI is InChI=1S/C14H13F3N2O2S/c1-8(2)12(20)11(7-18)13(22)19-9-3-5-10(6-4-9)21-14(15,16)17/h3-6,8,11H,1-2H3,(H,19,22). The van der Waals surface area contributed by atoms with Gasteiger partial charge in [0.05, 0.1) is 6.07 Å². The molecule has 0 saturated carbocycles. The van der Waals surface area contributed by atoms with Gasteiger partial charge in [-0.25, -0.2) is 0 Å². The van der Waals surface area contributed by atoms with Crippen molar-refractivity contribution in [1.29, 1.82) is 5.26 Å². The van der Waals surface area contributed by atoms with Crippen LogP contribution in [-0.2, 0) is 4.79 Å². The van der Waals surface area contributed by atoms with E-state index in [1.807, 2.05) is 6.07 Å². The number of carbonyl (C=O) groups excluding carboxylic acids is 1. The summed E-state index contributed by atoms with van der Waals surface area (Å²) in [5.41, 5.74) is 0.358. The lowest BCUT2D eigenvalue weighted by molar-refractivity contribution is -0.274. The first kappa shape index (κ1) is 17.9. The van der Waals surface area contributed by atoms with Crippen molar-refractivity contribution in [2.75, 3.05) is 5.32 Å². The second-order valence-corrected chi connectivity index (χ2v) is 5.12. The molecule has 0 saturated heterocycles. The lowest BCUT2D eigenvalue weighted by atomic mass is 9.96. The number of nitrogens with one attached hydrogen (secondary N) is 1. The van der Waals surface area contributed by atoms with E-state index in [4.69, 9.17) is 17.5 Å². The van der Waals surface area contributed by atoms with E-state index in [9.17, 15) is 18.0 Å². The molecule has 1 aromatic carbocycles. The Morgan fingerprint density at radius 2 is 1.86 bits per heavy atom.